The zero-order valence-corrected chi connectivity index (χ0v) is 15.2. The molecule has 1 saturated heterocycles. The highest BCUT2D eigenvalue weighted by molar-refractivity contribution is 5.76. The summed E-state index contributed by atoms with van der Waals surface area (Å²) in [4.78, 5) is 16.1. The van der Waals surface area contributed by atoms with Gasteiger partial charge in [0.25, 0.3) is 5.92 Å². The van der Waals surface area contributed by atoms with E-state index < -0.39 is 23.8 Å². The molecule has 0 spiro atoms. The number of halogens is 5. The predicted octanol–water partition coefficient (Wildman–Crippen LogP) is 3.50. The molecule has 2 aromatic rings. The fourth-order valence-electron chi connectivity index (χ4n) is 3.23. The molecule has 156 valence electrons. The average Bonchev–Trinajstić information content (AvgIpc) is 2.65. The van der Waals surface area contributed by atoms with Crippen molar-refractivity contribution in [2.75, 3.05) is 18.4 Å². The van der Waals surface area contributed by atoms with Crippen molar-refractivity contribution in [1.82, 2.24) is 9.88 Å². The summed E-state index contributed by atoms with van der Waals surface area (Å²) in [6.45, 7) is 0.470. The number of alkyl halides is 5. The molecule has 2 heterocycles. The van der Waals surface area contributed by atoms with Crippen molar-refractivity contribution in [1.29, 1.82) is 0 Å². The zero-order chi connectivity index (χ0) is 21.2. The number of hydrogen-bond donors (Lipinski definition) is 2. The highest BCUT2D eigenvalue weighted by Crippen LogP contribution is 2.31. The highest BCUT2D eigenvalue weighted by Gasteiger charge is 2.41. The number of nitrogens with one attached hydrogen (secondary N) is 1. The van der Waals surface area contributed by atoms with E-state index in [1.807, 2.05) is 0 Å². The molecule has 3 rings (SSSR count). The van der Waals surface area contributed by atoms with Crippen LogP contribution in [0.25, 0.3) is 11.1 Å². The predicted molar refractivity (Wildman–Crippen MR) is 97.2 cm³/mol. The molecule has 1 amide bonds. The molecule has 1 aromatic carbocycles. The first-order valence-electron chi connectivity index (χ1n) is 8.82. The van der Waals surface area contributed by atoms with Crippen molar-refractivity contribution in [2.24, 2.45) is 5.73 Å². The fourth-order valence-corrected chi connectivity index (χ4v) is 3.23. The van der Waals surface area contributed by atoms with Gasteiger partial charge in [-0.2, -0.15) is 13.2 Å². The minimum Gasteiger partial charge on any atom is -0.329 e. The van der Waals surface area contributed by atoms with E-state index in [0.29, 0.717) is 35.3 Å². The van der Waals surface area contributed by atoms with E-state index in [1.165, 1.54) is 6.07 Å². The van der Waals surface area contributed by atoms with Crippen LogP contribution in [0.1, 0.15) is 17.7 Å². The maximum absolute atomic E-state index is 13.6. The van der Waals surface area contributed by atoms with Crippen LogP contribution in [0.3, 0.4) is 0 Å². The van der Waals surface area contributed by atoms with E-state index >= 15 is 0 Å². The summed E-state index contributed by atoms with van der Waals surface area (Å²) in [7, 11) is 0. The molecule has 5 nitrogen and oxygen atoms in total. The smallest absolute Gasteiger partial charge is 0.329 e. The molecular formula is C19H19F5N4O. The Morgan fingerprint density at radius 3 is 2.59 bits per heavy atom. The quantitative estimate of drug-likeness (QED) is 0.580. The van der Waals surface area contributed by atoms with Crippen LogP contribution in [0, 0.1) is 0 Å². The summed E-state index contributed by atoms with van der Waals surface area (Å²) in [5.74, 6) is -2.91. The number of piperidine rings is 1. The Balaban J connectivity index is 1.85. The van der Waals surface area contributed by atoms with Gasteiger partial charge < -0.3 is 11.1 Å². The topological polar surface area (TPSA) is 71.2 Å². The number of carbonyl (C=O) groups is 1. The molecule has 0 bridgehead atoms. The van der Waals surface area contributed by atoms with Gasteiger partial charge in [0.2, 0.25) is 6.41 Å². The third-order valence-electron chi connectivity index (χ3n) is 4.77. The van der Waals surface area contributed by atoms with E-state index in [1.54, 1.807) is 23.1 Å². The van der Waals surface area contributed by atoms with Crippen LogP contribution >= 0.6 is 0 Å². The molecular weight excluding hydrogens is 395 g/mol. The lowest BCUT2D eigenvalue weighted by Crippen LogP contribution is -2.54. The lowest BCUT2D eigenvalue weighted by molar-refractivity contribution is -0.141. The third-order valence-corrected chi connectivity index (χ3v) is 4.77. The van der Waals surface area contributed by atoms with E-state index in [2.05, 4.69) is 10.3 Å². The van der Waals surface area contributed by atoms with Crippen molar-refractivity contribution >= 4 is 12.1 Å². The maximum Gasteiger partial charge on any atom is 0.433 e. The van der Waals surface area contributed by atoms with Gasteiger partial charge in [0.15, 0.2) is 0 Å². The summed E-state index contributed by atoms with van der Waals surface area (Å²) < 4.78 is 65.3. The van der Waals surface area contributed by atoms with Crippen LogP contribution in [-0.4, -0.2) is 41.3 Å². The number of likely N-dealkylation sites (tertiary alicyclic amines) is 1. The minimum atomic E-state index is -4.54. The average molecular weight is 414 g/mol. The van der Waals surface area contributed by atoms with Crippen molar-refractivity contribution in [3.63, 3.8) is 0 Å². The van der Waals surface area contributed by atoms with E-state index in [-0.39, 0.29) is 19.5 Å². The summed E-state index contributed by atoms with van der Waals surface area (Å²) in [6, 6.07) is 5.88. The van der Waals surface area contributed by atoms with E-state index in [4.69, 9.17) is 5.73 Å². The number of anilines is 1. The van der Waals surface area contributed by atoms with Crippen LogP contribution < -0.4 is 11.1 Å². The molecule has 1 aromatic heterocycles. The lowest BCUT2D eigenvalue weighted by Gasteiger charge is -2.36. The Labute approximate surface area is 163 Å². The molecule has 0 saturated carbocycles. The van der Waals surface area contributed by atoms with Gasteiger partial charge in [-0.15, -0.1) is 0 Å². The van der Waals surface area contributed by atoms with Gasteiger partial charge in [-0.3, -0.25) is 14.7 Å². The fraction of sp³-hybridized carbons (Fsp3) is 0.368. The molecule has 10 heteroatoms. The van der Waals surface area contributed by atoms with Crippen molar-refractivity contribution in [2.45, 2.75) is 31.1 Å². The monoisotopic (exact) mass is 414 g/mol. The number of pyridine rings is 1. The first-order chi connectivity index (χ1) is 13.6. The van der Waals surface area contributed by atoms with E-state index in [0.717, 1.165) is 12.3 Å². The Bertz CT molecular complexity index is 870. The van der Waals surface area contributed by atoms with Crippen LogP contribution in [0.15, 0.2) is 36.5 Å². The molecule has 29 heavy (non-hydrogen) atoms. The van der Waals surface area contributed by atoms with Crippen molar-refractivity contribution < 1.29 is 26.7 Å². The van der Waals surface area contributed by atoms with Crippen molar-refractivity contribution in [3.05, 3.63) is 47.8 Å². The SMILES string of the molecule is NC1CN(Cc2cc(NC=O)cc(-c3ccc(C(F)(F)F)nc3)c2)CCC1(F)F. The number of nitrogens with two attached hydrogens (primary N) is 1. The molecule has 0 aliphatic carbocycles. The van der Waals surface area contributed by atoms with Gasteiger partial charge in [-0.05, 0) is 35.4 Å². The van der Waals surface area contributed by atoms with Crippen LogP contribution in [0.4, 0.5) is 27.6 Å². The largest absolute Gasteiger partial charge is 0.433 e. The van der Waals surface area contributed by atoms with Gasteiger partial charge >= 0.3 is 6.18 Å². The highest BCUT2D eigenvalue weighted by atomic mass is 19.4. The molecule has 1 aliphatic rings. The lowest BCUT2D eigenvalue weighted by atomic mass is 9.99. The first kappa shape index (κ1) is 21.1. The van der Waals surface area contributed by atoms with Crippen LogP contribution in [0.5, 0.6) is 0 Å². The normalized spacial score (nSPS) is 19.7. The summed E-state index contributed by atoms with van der Waals surface area (Å²) in [6.07, 6.45) is -3.31. The summed E-state index contributed by atoms with van der Waals surface area (Å²) >= 11 is 0. The number of benzene rings is 1. The molecule has 0 radical (unpaired) electrons. The first-order valence-corrected chi connectivity index (χ1v) is 8.82. The number of amides is 1. The zero-order valence-electron chi connectivity index (χ0n) is 15.2. The van der Waals surface area contributed by atoms with Crippen LogP contribution in [0.2, 0.25) is 0 Å². The Morgan fingerprint density at radius 2 is 2.00 bits per heavy atom. The second kappa shape index (κ2) is 8.03. The standard InChI is InChI=1S/C19H19F5N4O/c20-18(21)3-4-28(10-16(18)25)9-12-5-14(7-15(6-12)27-11-29)13-1-2-17(26-8-13)19(22,23)24/h1-2,5-8,11,16H,3-4,9-10,25H2,(H,27,29). The molecule has 3 N–H and O–H groups in total. The Morgan fingerprint density at radius 1 is 1.24 bits per heavy atom. The summed E-state index contributed by atoms with van der Waals surface area (Å²) in [5.41, 5.74) is 6.64. The van der Waals surface area contributed by atoms with E-state index in [9.17, 15) is 26.7 Å². The molecule has 1 fully saturated rings. The third kappa shape index (κ3) is 5.07. The van der Waals surface area contributed by atoms with Gasteiger partial charge in [0.05, 0.1) is 6.04 Å². The van der Waals surface area contributed by atoms with Gasteiger partial charge in [-0.1, -0.05) is 6.07 Å². The second-order valence-electron chi connectivity index (χ2n) is 6.96. The second-order valence-corrected chi connectivity index (χ2v) is 6.96. The number of hydrogen-bond acceptors (Lipinski definition) is 4. The number of rotatable bonds is 5. The summed E-state index contributed by atoms with van der Waals surface area (Å²) in [5, 5.41) is 2.51. The van der Waals surface area contributed by atoms with Gasteiger partial charge in [-0.25, -0.2) is 8.78 Å². The number of nitrogens with zero attached hydrogens (tertiary/aromatic N) is 2. The molecule has 1 aliphatic heterocycles. The Hall–Kier alpha value is -2.59. The van der Waals surface area contributed by atoms with Gasteiger partial charge in [0.1, 0.15) is 5.69 Å². The van der Waals surface area contributed by atoms with Gasteiger partial charge in [0, 0.05) is 43.5 Å². The molecule has 1 unspecified atom stereocenters. The Kier molecular flexibility index (Phi) is 5.85. The maximum atomic E-state index is 13.6. The van der Waals surface area contributed by atoms with Crippen LogP contribution in [-0.2, 0) is 17.5 Å². The number of carbonyl (C=O) groups excluding carboxylic acids is 1. The van der Waals surface area contributed by atoms with Crippen molar-refractivity contribution in [3.8, 4) is 11.1 Å². The number of aromatic nitrogens is 1. The minimum absolute atomic E-state index is 0.00943. The molecule has 1 atom stereocenters.